The van der Waals surface area contributed by atoms with Crippen molar-refractivity contribution in [3.8, 4) is 5.75 Å². The molecule has 3 rings (SSSR count). The summed E-state index contributed by atoms with van der Waals surface area (Å²) in [5, 5.41) is 9.91. The zero-order chi connectivity index (χ0) is 18.2. The Hall–Kier alpha value is -2.31. The van der Waals surface area contributed by atoms with Crippen molar-refractivity contribution in [1.82, 2.24) is 14.8 Å². The van der Waals surface area contributed by atoms with E-state index in [9.17, 15) is 14.7 Å². The van der Waals surface area contributed by atoms with Crippen LogP contribution in [0.2, 0.25) is 0 Å². The van der Waals surface area contributed by atoms with Crippen LogP contribution in [0, 0.1) is 0 Å². The first-order chi connectivity index (χ1) is 11.7. The molecule has 0 unspecified atom stereocenters. The molecule has 1 aromatic heterocycles. The SMILES string of the molecule is CC(C)(C)OC(=O)N1CCC[C@@]2(CCN2C(=O)c2ncccc2O)C1. The highest BCUT2D eigenvalue weighted by Gasteiger charge is 2.51. The first-order valence-electron chi connectivity index (χ1n) is 8.66. The van der Waals surface area contributed by atoms with Gasteiger partial charge in [0.1, 0.15) is 11.4 Å². The second kappa shape index (κ2) is 6.20. The number of piperidine rings is 1. The second-order valence-corrected chi connectivity index (χ2v) is 7.81. The summed E-state index contributed by atoms with van der Waals surface area (Å²) in [6.45, 7) is 7.22. The number of hydrogen-bond acceptors (Lipinski definition) is 5. The summed E-state index contributed by atoms with van der Waals surface area (Å²) in [4.78, 5) is 32.6. The molecule has 0 aromatic carbocycles. The molecule has 1 aromatic rings. The summed E-state index contributed by atoms with van der Waals surface area (Å²) in [5.41, 5.74) is -0.858. The molecule has 7 heteroatoms. The lowest BCUT2D eigenvalue weighted by atomic mass is 9.77. The van der Waals surface area contributed by atoms with Gasteiger partial charge < -0.3 is 19.6 Å². The van der Waals surface area contributed by atoms with Gasteiger partial charge in [0.25, 0.3) is 5.91 Å². The maximum atomic E-state index is 12.8. The molecule has 0 saturated carbocycles. The van der Waals surface area contributed by atoms with E-state index in [1.165, 1.54) is 12.3 Å². The van der Waals surface area contributed by atoms with E-state index in [4.69, 9.17) is 4.74 Å². The monoisotopic (exact) mass is 347 g/mol. The van der Waals surface area contributed by atoms with Crippen LogP contribution in [0.3, 0.4) is 0 Å². The van der Waals surface area contributed by atoms with Gasteiger partial charge in [-0.3, -0.25) is 4.79 Å². The normalized spacial score (nSPS) is 23.3. The van der Waals surface area contributed by atoms with Crippen LogP contribution in [0.25, 0.3) is 0 Å². The van der Waals surface area contributed by atoms with E-state index >= 15 is 0 Å². The summed E-state index contributed by atoms with van der Waals surface area (Å²) in [7, 11) is 0. The highest BCUT2D eigenvalue weighted by Crippen LogP contribution is 2.40. The summed E-state index contributed by atoms with van der Waals surface area (Å²) in [5.74, 6) is -0.398. The van der Waals surface area contributed by atoms with Gasteiger partial charge in [-0.15, -0.1) is 0 Å². The Balaban J connectivity index is 1.74. The molecule has 2 saturated heterocycles. The first kappa shape index (κ1) is 17.5. The minimum atomic E-state index is -0.545. The van der Waals surface area contributed by atoms with Crippen LogP contribution < -0.4 is 0 Å². The Morgan fingerprint density at radius 3 is 2.64 bits per heavy atom. The molecule has 136 valence electrons. The summed E-state index contributed by atoms with van der Waals surface area (Å²) >= 11 is 0. The van der Waals surface area contributed by atoms with Crippen LogP contribution in [0.4, 0.5) is 4.79 Å². The van der Waals surface area contributed by atoms with Crippen LogP contribution in [0.1, 0.15) is 50.5 Å². The average Bonchev–Trinajstić information content (AvgIpc) is 2.52. The number of carbonyl (C=O) groups is 2. The van der Waals surface area contributed by atoms with Crippen molar-refractivity contribution in [3.05, 3.63) is 24.0 Å². The molecular weight excluding hydrogens is 322 g/mol. The third-order valence-corrected chi connectivity index (χ3v) is 4.81. The molecule has 2 aliphatic rings. The van der Waals surface area contributed by atoms with Crippen molar-refractivity contribution in [2.75, 3.05) is 19.6 Å². The van der Waals surface area contributed by atoms with Gasteiger partial charge in [-0.05, 0) is 52.2 Å². The van der Waals surface area contributed by atoms with Crippen molar-refractivity contribution in [2.45, 2.75) is 51.2 Å². The molecule has 0 aliphatic carbocycles. The predicted octanol–water partition coefficient (Wildman–Crippen LogP) is 2.40. The predicted molar refractivity (Wildman–Crippen MR) is 91.3 cm³/mol. The zero-order valence-electron chi connectivity index (χ0n) is 15.0. The number of aromatic nitrogens is 1. The van der Waals surface area contributed by atoms with E-state index in [-0.39, 0.29) is 29.0 Å². The molecule has 2 amide bonds. The number of pyridine rings is 1. The summed E-state index contributed by atoms with van der Waals surface area (Å²) in [6, 6.07) is 3.05. The quantitative estimate of drug-likeness (QED) is 0.843. The first-order valence-corrected chi connectivity index (χ1v) is 8.66. The van der Waals surface area contributed by atoms with Gasteiger partial charge in [0.15, 0.2) is 5.69 Å². The van der Waals surface area contributed by atoms with Crippen LogP contribution >= 0.6 is 0 Å². The average molecular weight is 347 g/mol. The van der Waals surface area contributed by atoms with E-state index in [1.807, 2.05) is 20.8 Å². The largest absolute Gasteiger partial charge is 0.505 e. The van der Waals surface area contributed by atoms with Gasteiger partial charge in [-0.1, -0.05) is 0 Å². The molecule has 0 radical (unpaired) electrons. The van der Waals surface area contributed by atoms with E-state index in [2.05, 4.69) is 4.98 Å². The zero-order valence-corrected chi connectivity index (χ0v) is 15.0. The molecular formula is C18H25N3O4. The topological polar surface area (TPSA) is 83.0 Å². The van der Waals surface area contributed by atoms with E-state index in [1.54, 1.807) is 15.9 Å². The fourth-order valence-electron chi connectivity index (χ4n) is 3.57. The van der Waals surface area contributed by atoms with Crippen molar-refractivity contribution in [1.29, 1.82) is 0 Å². The Bertz CT molecular complexity index is 685. The van der Waals surface area contributed by atoms with Gasteiger partial charge in [0.05, 0.1) is 5.54 Å². The number of hydrogen-bond donors (Lipinski definition) is 1. The number of nitrogens with zero attached hydrogens (tertiary/aromatic N) is 3. The number of rotatable bonds is 1. The van der Waals surface area contributed by atoms with Crippen LogP contribution in [0.5, 0.6) is 5.75 Å². The molecule has 1 spiro atoms. The third kappa shape index (κ3) is 3.41. The Labute approximate surface area is 147 Å². The molecule has 2 fully saturated rings. The van der Waals surface area contributed by atoms with Crippen molar-refractivity contribution < 1.29 is 19.4 Å². The minimum Gasteiger partial charge on any atom is -0.505 e. The Morgan fingerprint density at radius 1 is 1.28 bits per heavy atom. The molecule has 3 heterocycles. The van der Waals surface area contributed by atoms with Crippen LogP contribution in [-0.2, 0) is 4.74 Å². The Morgan fingerprint density at radius 2 is 2.04 bits per heavy atom. The van der Waals surface area contributed by atoms with E-state index in [0.29, 0.717) is 19.6 Å². The van der Waals surface area contributed by atoms with E-state index in [0.717, 1.165) is 19.3 Å². The highest BCUT2D eigenvalue weighted by atomic mass is 16.6. The van der Waals surface area contributed by atoms with Gasteiger partial charge in [0, 0.05) is 25.8 Å². The third-order valence-electron chi connectivity index (χ3n) is 4.81. The lowest BCUT2D eigenvalue weighted by Crippen LogP contribution is -2.69. The fraction of sp³-hybridized carbons (Fsp3) is 0.611. The number of aromatic hydroxyl groups is 1. The lowest BCUT2D eigenvalue weighted by Gasteiger charge is -2.56. The molecule has 7 nitrogen and oxygen atoms in total. The van der Waals surface area contributed by atoms with E-state index < -0.39 is 5.60 Å². The van der Waals surface area contributed by atoms with Crippen molar-refractivity contribution in [3.63, 3.8) is 0 Å². The molecule has 0 bridgehead atoms. The van der Waals surface area contributed by atoms with Crippen LogP contribution in [-0.4, -0.2) is 62.7 Å². The minimum absolute atomic E-state index is 0.0657. The van der Waals surface area contributed by atoms with Crippen molar-refractivity contribution >= 4 is 12.0 Å². The fourth-order valence-corrected chi connectivity index (χ4v) is 3.57. The second-order valence-electron chi connectivity index (χ2n) is 7.81. The van der Waals surface area contributed by atoms with Crippen molar-refractivity contribution in [2.24, 2.45) is 0 Å². The summed E-state index contributed by atoms with van der Waals surface area (Å²) in [6.07, 6.45) is 3.65. The van der Waals surface area contributed by atoms with Gasteiger partial charge >= 0.3 is 6.09 Å². The highest BCUT2D eigenvalue weighted by molar-refractivity contribution is 5.96. The summed E-state index contributed by atoms with van der Waals surface area (Å²) < 4.78 is 5.47. The number of carbonyl (C=O) groups excluding carboxylic acids is 2. The standard InChI is InChI=1S/C18H25N3O4/c1-17(2,3)25-16(24)20-10-5-7-18(12-20)8-11-21(18)15(23)14-13(22)6-4-9-19-14/h4,6,9,22H,5,7-8,10-12H2,1-3H3/t18-/m1/s1. The molecule has 25 heavy (non-hydrogen) atoms. The number of likely N-dealkylation sites (tertiary alicyclic amines) is 2. The maximum Gasteiger partial charge on any atom is 0.410 e. The maximum absolute atomic E-state index is 12.8. The molecule has 2 aliphatic heterocycles. The molecule has 1 N–H and O–H groups in total. The van der Waals surface area contributed by atoms with Gasteiger partial charge in [0.2, 0.25) is 0 Å². The number of amides is 2. The number of ether oxygens (including phenoxy) is 1. The molecule has 1 atom stereocenters. The Kier molecular flexibility index (Phi) is 4.34. The van der Waals surface area contributed by atoms with Gasteiger partial charge in [-0.25, -0.2) is 9.78 Å². The van der Waals surface area contributed by atoms with Gasteiger partial charge in [-0.2, -0.15) is 0 Å². The lowest BCUT2D eigenvalue weighted by molar-refractivity contribution is -0.0524. The van der Waals surface area contributed by atoms with Crippen LogP contribution in [0.15, 0.2) is 18.3 Å². The smallest absolute Gasteiger partial charge is 0.410 e.